The molecule has 4 nitrogen and oxygen atoms in total. The Kier molecular flexibility index (Phi) is 5.16. The number of benzene rings is 5. The average molecular weight is 527 g/mol. The number of pyridine rings is 1. The van der Waals surface area contributed by atoms with Gasteiger partial charge in [0.15, 0.2) is 0 Å². The molecular weight excluding hydrogens is 500 g/mol. The molecule has 41 heavy (non-hydrogen) atoms. The minimum Gasteiger partial charge on any atom is -0.308 e. The van der Waals surface area contributed by atoms with E-state index in [1.54, 1.807) is 0 Å². The second-order valence-corrected chi connectivity index (χ2v) is 10.4. The summed E-state index contributed by atoms with van der Waals surface area (Å²) >= 11 is 0. The summed E-state index contributed by atoms with van der Waals surface area (Å²) in [6, 6.07) is 38.8. The van der Waals surface area contributed by atoms with Crippen LogP contribution in [0.2, 0.25) is 0 Å². The van der Waals surface area contributed by atoms with E-state index in [1.807, 2.05) is 31.6 Å². The van der Waals surface area contributed by atoms with E-state index in [9.17, 15) is 0 Å². The van der Waals surface area contributed by atoms with Gasteiger partial charge >= 0.3 is 0 Å². The van der Waals surface area contributed by atoms with Gasteiger partial charge < -0.3 is 9.13 Å². The van der Waals surface area contributed by atoms with Crippen molar-refractivity contribution >= 4 is 66.7 Å². The van der Waals surface area contributed by atoms with Crippen LogP contribution >= 0.6 is 0 Å². The fourth-order valence-corrected chi connectivity index (χ4v) is 6.36. The van der Waals surface area contributed by atoms with Crippen molar-refractivity contribution in [2.75, 3.05) is 7.05 Å². The van der Waals surface area contributed by atoms with Crippen molar-refractivity contribution in [3.05, 3.63) is 133 Å². The zero-order valence-corrected chi connectivity index (χ0v) is 22.6. The average Bonchev–Trinajstić information content (AvgIpc) is 3.53. The van der Waals surface area contributed by atoms with Crippen molar-refractivity contribution in [3.63, 3.8) is 0 Å². The standard InChI is InChI=1S/C37H26N4/c1-3-32-31(22-38-2)35-34(40(32)28-13-5-4-6-14-28)23-39-36-30-15-9-10-16-33(30)41(37(35)36)29-18-17-26-19-24-11-7-8-12-25(24)20-27(26)21-29/h3-23H,1H2,2H3. The van der Waals surface area contributed by atoms with Crippen LogP contribution in [-0.2, 0) is 0 Å². The van der Waals surface area contributed by atoms with Gasteiger partial charge in [-0.1, -0.05) is 73.3 Å². The molecular formula is C37H26N4. The van der Waals surface area contributed by atoms with Crippen LogP contribution < -0.4 is 0 Å². The molecule has 0 unspecified atom stereocenters. The smallest absolute Gasteiger partial charge is 0.0971 e. The minimum atomic E-state index is 0.971. The molecule has 0 bridgehead atoms. The molecule has 0 spiro atoms. The number of aliphatic imine (C=N–C) groups is 1. The van der Waals surface area contributed by atoms with Crippen LogP contribution in [0.4, 0.5) is 0 Å². The molecule has 0 amide bonds. The lowest BCUT2D eigenvalue weighted by Crippen LogP contribution is -1.97. The van der Waals surface area contributed by atoms with E-state index in [1.165, 1.54) is 21.5 Å². The molecule has 4 heteroatoms. The quantitative estimate of drug-likeness (QED) is 0.166. The highest BCUT2D eigenvalue weighted by Crippen LogP contribution is 2.40. The second-order valence-electron chi connectivity index (χ2n) is 10.4. The molecule has 0 radical (unpaired) electrons. The summed E-state index contributed by atoms with van der Waals surface area (Å²) in [4.78, 5) is 9.59. The Bertz CT molecular complexity index is 2340. The van der Waals surface area contributed by atoms with Gasteiger partial charge in [0.25, 0.3) is 0 Å². The third-order valence-corrected chi connectivity index (χ3v) is 8.10. The molecule has 8 aromatic rings. The molecule has 3 heterocycles. The van der Waals surface area contributed by atoms with Crippen LogP contribution in [0.3, 0.4) is 0 Å². The first-order valence-corrected chi connectivity index (χ1v) is 13.8. The van der Waals surface area contributed by atoms with E-state index in [-0.39, 0.29) is 0 Å². The van der Waals surface area contributed by atoms with Gasteiger partial charge in [0.05, 0.1) is 34.0 Å². The third-order valence-electron chi connectivity index (χ3n) is 8.10. The molecule has 0 aliphatic heterocycles. The molecule has 0 saturated carbocycles. The van der Waals surface area contributed by atoms with Gasteiger partial charge in [0.2, 0.25) is 0 Å². The maximum Gasteiger partial charge on any atom is 0.0971 e. The number of para-hydroxylation sites is 2. The maximum atomic E-state index is 5.10. The molecule has 0 atom stereocenters. The van der Waals surface area contributed by atoms with E-state index in [0.717, 1.165) is 55.5 Å². The Morgan fingerprint density at radius 3 is 2.17 bits per heavy atom. The lowest BCUT2D eigenvalue weighted by atomic mass is 10.0. The summed E-state index contributed by atoms with van der Waals surface area (Å²) in [6.07, 6.45) is 5.87. The van der Waals surface area contributed by atoms with Crippen LogP contribution in [0, 0.1) is 0 Å². The summed E-state index contributed by atoms with van der Waals surface area (Å²) in [5.74, 6) is 0. The summed E-state index contributed by atoms with van der Waals surface area (Å²) in [6.45, 7) is 4.21. The highest BCUT2D eigenvalue weighted by atomic mass is 15.0. The van der Waals surface area contributed by atoms with Gasteiger partial charge in [-0.25, -0.2) is 0 Å². The van der Waals surface area contributed by atoms with Crippen molar-refractivity contribution in [3.8, 4) is 11.4 Å². The largest absolute Gasteiger partial charge is 0.308 e. The predicted molar refractivity (Wildman–Crippen MR) is 174 cm³/mol. The van der Waals surface area contributed by atoms with E-state index < -0.39 is 0 Å². The number of hydrogen-bond acceptors (Lipinski definition) is 2. The van der Waals surface area contributed by atoms with Crippen LogP contribution in [0.15, 0.2) is 127 Å². The van der Waals surface area contributed by atoms with E-state index in [4.69, 9.17) is 4.98 Å². The van der Waals surface area contributed by atoms with Gasteiger partial charge in [-0.2, -0.15) is 0 Å². The number of rotatable bonds is 4. The lowest BCUT2D eigenvalue weighted by Gasteiger charge is -2.11. The highest BCUT2D eigenvalue weighted by Gasteiger charge is 2.23. The van der Waals surface area contributed by atoms with Crippen LogP contribution in [0.25, 0.3) is 71.8 Å². The molecule has 0 fully saturated rings. The zero-order valence-electron chi connectivity index (χ0n) is 22.6. The molecule has 3 aromatic heterocycles. The Labute approximate surface area is 237 Å². The van der Waals surface area contributed by atoms with Crippen molar-refractivity contribution < 1.29 is 0 Å². The van der Waals surface area contributed by atoms with Crippen LogP contribution in [0.1, 0.15) is 11.3 Å². The Balaban J connectivity index is 1.55. The molecule has 0 aliphatic rings. The second kappa shape index (κ2) is 9.04. The fraction of sp³-hybridized carbons (Fsp3) is 0.0270. The number of nitrogens with zero attached hydrogens (tertiary/aromatic N) is 4. The monoisotopic (exact) mass is 526 g/mol. The molecule has 0 saturated heterocycles. The van der Waals surface area contributed by atoms with Gasteiger partial charge in [0, 0.05) is 41.0 Å². The normalized spacial score (nSPS) is 12.0. The predicted octanol–water partition coefficient (Wildman–Crippen LogP) is 9.12. The number of hydrogen-bond donors (Lipinski definition) is 0. The van der Waals surface area contributed by atoms with Crippen molar-refractivity contribution in [1.82, 2.24) is 14.1 Å². The summed E-state index contributed by atoms with van der Waals surface area (Å²) in [7, 11) is 1.82. The molecule has 0 N–H and O–H groups in total. The summed E-state index contributed by atoms with van der Waals surface area (Å²) in [5, 5.41) is 7.14. The Morgan fingerprint density at radius 2 is 1.39 bits per heavy atom. The summed E-state index contributed by atoms with van der Waals surface area (Å²) in [5.41, 5.74) is 8.36. The van der Waals surface area contributed by atoms with Gasteiger partial charge in [-0.3, -0.25) is 9.98 Å². The van der Waals surface area contributed by atoms with Crippen molar-refractivity contribution in [2.24, 2.45) is 4.99 Å². The zero-order chi connectivity index (χ0) is 27.5. The SMILES string of the molecule is C=Cc1c(C=NC)c2c(cnc3c4ccccc4n(-c4ccc5cc6ccccc6cc5c4)c32)n1-c1ccccc1. The Morgan fingerprint density at radius 1 is 0.683 bits per heavy atom. The first-order valence-electron chi connectivity index (χ1n) is 13.8. The fourth-order valence-electron chi connectivity index (χ4n) is 6.36. The first kappa shape index (κ1) is 23.4. The van der Waals surface area contributed by atoms with Crippen molar-refractivity contribution in [2.45, 2.75) is 0 Å². The number of fused-ring (bicyclic) bond motifs is 7. The van der Waals surface area contributed by atoms with E-state index >= 15 is 0 Å². The van der Waals surface area contributed by atoms with E-state index in [2.05, 4.69) is 124 Å². The molecule has 194 valence electrons. The first-order chi connectivity index (χ1) is 20.3. The third kappa shape index (κ3) is 3.41. The van der Waals surface area contributed by atoms with Gasteiger partial charge in [-0.15, -0.1) is 0 Å². The molecule has 5 aromatic carbocycles. The Hall–Kier alpha value is -5.48. The highest BCUT2D eigenvalue weighted by molar-refractivity contribution is 6.21. The van der Waals surface area contributed by atoms with E-state index in [0.29, 0.717) is 0 Å². The van der Waals surface area contributed by atoms with Crippen molar-refractivity contribution in [1.29, 1.82) is 0 Å². The molecule has 8 rings (SSSR count). The summed E-state index contributed by atoms with van der Waals surface area (Å²) < 4.78 is 4.60. The van der Waals surface area contributed by atoms with Crippen LogP contribution in [0.5, 0.6) is 0 Å². The van der Waals surface area contributed by atoms with Gasteiger partial charge in [0.1, 0.15) is 0 Å². The maximum absolute atomic E-state index is 5.10. The molecule has 0 aliphatic carbocycles. The topological polar surface area (TPSA) is 35.1 Å². The van der Waals surface area contributed by atoms with Crippen LogP contribution in [-0.4, -0.2) is 27.4 Å². The number of aromatic nitrogens is 3. The lowest BCUT2D eigenvalue weighted by molar-refractivity contribution is 1.10. The van der Waals surface area contributed by atoms with Gasteiger partial charge in [-0.05, 0) is 70.1 Å². The minimum absolute atomic E-state index is 0.971.